The molecular weight excluding hydrogens is 254 g/mol. The van der Waals surface area contributed by atoms with E-state index in [0.29, 0.717) is 19.0 Å². The third-order valence-corrected chi connectivity index (χ3v) is 2.86. The molecule has 2 N–H and O–H groups in total. The van der Waals surface area contributed by atoms with Crippen molar-refractivity contribution in [2.75, 3.05) is 13.2 Å². The topological polar surface area (TPSA) is 57.6 Å². The summed E-state index contributed by atoms with van der Waals surface area (Å²) < 4.78 is 16.9. The Morgan fingerprint density at radius 1 is 1.10 bits per heavy atom. The van der Waals surface area contributed by atoms with Gasteiger partial charge in [0, 0.05) is 0 Å². The molecule has 0 aliphatic carbocycles. The van der Waals surface area contributed by atoms with E-state index in [-0.39, 0.29) is 6.04 Å². The van der Waals surface area contributed by atoms with Gasteiger partial charge in [0.2, 0.25) is 0 Å². The normalized spacial score (nSPS) is 12.2. The third-order valence-electron chi connectivity index (χ3n) is 2.86. The molecule has 0 amide bonds. The van der Waals surface area contributed by atoms with E-state index in [4.69, 9.17) is 19.6 Å². The van der Waals surface area contributed by atoms with Crippen molar-refractivity contribution in [2.24, 2.45) is 5.73 Å². The molecule has 20 heavy (non-hydrogen) atoms. The van der Waals surface area contributed by atoms with Gasteiger partial charge in [-0.3, -0.25) is 0 Å². The van der Waals surface area contributed by atoms with Gasteiger partial charge < -0.3 is 19.6 Å². The molecule has 1 unspecified atom stereocenters. The molecule has 0 aliphatic heterocycles. The molecule has 2 rings (SSSR count). The lowest BCUT2D eigenvalue weighted by molar-refractivity contribution is 0.245. The lowest BCUT2D eigenvalue weighted by Crippen LogP contribution is -2.18. The molecule has 1 heterocycles. The number of ether oxygens (including phenoxy) is 2. The summed E-state index contributed by atoms with van der Waals surface area (Å²) in [5.41, 5.74) is 6.05. The SMILES string of the molecule is CCCOc1ccccc1OCC(N)c1ccc(C)o1. The van der Waals surface area contributed by atoms with E-state index in [9.17, 15) is 0 Å². The Morgan fingerprint density at radius 2 is 1.80 bits per heavy atom. The molecule has 4 nitrogen and oxygen atoms in total. The zero-order valence-corrected chi connectivity index (χ0v) is 12.0. The van der Waals surface area contributed by atoms with Gasteiger partial charge in [0.1, 0.15) is 18.1 Å². The van der Waals surface area contributed by atoms with Gasteiger partial charge in [-0.1, -0.05) is 19.1 Å². The van der Waals surface area contributed by atoms with Crippen LogP contribution in [0, 0.1) is 6.92 Å². The number of para-hydroxylation sites is 2. The van der Waals surface area contributed by atoms with Gasteiger partial charge >= 0.3 is 0 Å². The van der Waals surface area contributed by atoms with Crippen LogP contribution in [0.5, 0.6) is 11.5 Å². The second kappa shape index (κ2) is 7.01. The molecule has 0 saturated heterocycles. The van der Waals surface area contributed by atoms with E-state index in [2.05, 4.69) is 6.92 Å². The summed E-state index contributed by atoms with van der Waals surface area (Å²) in [5, 5.41) is 0. The minimum atomic E-state index is -0.289. The number of rotatable bonds is 7. The highest BCUT2D eigenvalue weighted by molar-refractivity contribution is 5.39. The van der Waals surface area contributed by atoms with Crippen LogP contribution in [0.2, 0.25) is 0 Å². The number of aryl methyl sites for hydroxylation is 1. The Hall–Kier alpha value is -1.94. The average molecular weight is 275 g/mol. The molecule has 2 aromatic rings. The minimum absolute atomic E-state index is 0.289. The summed E-state index contributed by atoms with van der Waals surface area (Å²) in [6.07, 6.45) is 0.958. The summed E-state index contributed by atoms with van der Waals surface area (Å²) in [5.74, 6) is 3.04. The van der Waals surface area contributed by atoms with Gasteiger partial charge in [0.25, 0.3) is 0 Å². The molecule has 108 valence electrons. The van der Waals surface area contributed by atoms with Crippen molar-refractivity contribution in [1.29, 1.82) is 0 Å². The number of hydrogen-bond donors (Lipinski definition) is 1. The first kappa shape index (κ1) is 14.5. The van der Waals surface area contributed by atoms with Crippen molar-refractivity contribution in [2.45, 2.75) is 26.3 Å². The van der Waals surface area contributed by atoms with Crippen molar-refractivity contribution in [3.05, 3.63) is 47.9 Å². The van der Waals surface area contributed by atoms with Crippen LogP contribution in [0.4, 0.5) is 0 Å². The predicted molar refractivity (Wildman–Crippen MR) is 78.1 cm³/mol. The first-order chi connectivity index (χ1) is 9.70. The van der Waals surface area contributed by atoms with Gasteiger partial charge in [0.15, 0.2) is 11.5 Å². The summed E-state index contributed by atoms with van der Waals surface area (Å²) in [6.45, 7) is 4.98. The van der Waals surface area contributed by atoms with Gasteiger partial charge in [0.05, 0.1) is 12.6 Å². The van der Waals surface area contributed by atoms with Crippen molar-refractivity contribution >= 4 is 0 Å². The molecule has 0 aliphatic rings. The van der Waals surface area contributed by atoms with Crippen molar-refractivity contribution in [3.63, 3.8) is 0 Å². The van der Waals surface area contributed by atoms with Crippen LogP contribution in [0.15, 0.2) is 40.8 Å². The quantitative estimate of drug-likeness (QED) is 0.840. The van der Waals surface area contributed by atoms with Gasteiger partial charge in [-0.25, -0.2) is 0 Å². The van der Waals surface area contributed by atoms with Crippen LogP contribution in [0.3, 0.4) is 0 Å². The average Bonchev–Trinajstić information content (AvgIpc) is 2.90. The highest BCUT2D eigenvalue weighted by Crippen LogP contribution is 2.27. The zero-order valence-electron chi connectivity index (χ0n) is 12.0. The molecule has 0 spiro atoms. The third kappa shape index (κ3) is 3.78. The number of hydrogen-bond acceptors (Lipinski definition) is 4. The number of furan rings is 1. The molecule has 1 aromatic carbocycles. The van der Waals surface area contributed by atoms with Crippen molar-refractivity contribution in [3.8, 4) is 11.5 Å². The van der Waals surface area contributed by atoms with Crippen LogP contribution in [0.25, 0.3) is 0 Å². The van der Waals surface area contributed by atoms with Crippen LogP contribution in [-0.2, 0) is 0 Å². The zero-order chi connectivity index (χ0) is 14.4. The molecule has 0 saturated carbocycles. The highest BCUT2D eigenvalue weighted by Gasteiger charge is 2.12. The van der Waals surface area contributed by atoms with Crippen LogP contribution in [0.1, 0.15) is 30.9 Å². The van der Waals surface area contributed by atoms with E-state index in [1.807, 2.05) is 43.3 Å². The van der Waals surface area contributed by atoms with Crippen LogP contribution < -0.4 is 15.2 Å². The van der Waals surface area contributed by atoms with Crippen molar-refractivity contribution in [1.82, 2.24) is 0 Å². The fraction of sp³-hybridized carbons (Fsp3) is 0.375. The molecular formula is C16H21NO3. The first-order valence-electron chi connectivity index (χ1n) is 6.87. The Morgan fingerprint density at radius 3 is 2.40 bits per heavy atom. The van der Waals surface area contributed by atoms with Gasteiger partial charge in [-0.2, -0.15) is 0 Å². The van der Waals surface area contributed by atoms with Crippen LogP contribution in [-0.4, -0.2) is 13.2 Å². The molecule has 0 radical (unpaired) electrons. The smallest absolute Gasteiger partial charge is 0.161 e. The Kier molecular flexibility index (Phi) is 5.07. The Balaban J connectivity index is 1.96. The highest BCUT2D eigenvalue weighted by atomic mass is 16.5. The van der Waals surface area contributed by atoms with E-state index in [0.717, 1.165) is 23.7 Å². The maximum atomic E-state index is 6.05. The van der Waals surface area contributed by atoms with Crippen molar-refractivity contribution < 1.29 is 13.9 Å². The van der Waals surface area contributed by atoms with E-state index in [1.54, 1.807) is 0 Å². The first-order valence-corrected chi connectivity index (χ1v) is 6.87. The van der Waals surface area contributed by atoms with E-state index in [1.165, 1.54) is 0 Å². The summed E-state index contributed by atoms with van der Waals surface area (Å²) in [7, 11) is 0. The molecule has 1 aromatic heterocycles. The number of nitrogens with two attached hydrogens (primary N) is 1. The molecule has 1 atom stereocenters. The van der Waals surface area contributed by atoms with E-state index >= 15 is 0 Å². The largest absolute Gasteiger partial charge is 0.490 e. The summed E-state index contributed by atoms with van der Waals surface area (Å²) >= 11 is 0. The maximum absolute atomic E-state index is 6.05. The lowest BCUT2D eigenvalue weighted by Gasteiger charge is -2.14. The minimum Gasteiger partial charge on any atom is -0.490 e. The number of benzene rings is 1. The maximum Gasteiger partial charge on any atom is 0.161 e. The monoisotopic (exact) mass is 275 g/mol. The lowest BCUT2D eigenvalue weighted by atomic mass is 10.2. The molecule has 0 bridgehead atoms. The van der Waals surface area contributed by atoms with E-state index < -0.39 is 0 Å². The Labute approximate surface area is 119 Å². The van der Waals surface area contributed by atoms with Crippen LogP contribution >= 0.6 is 0 Å². The summed E-state index contributed by atoms with van der Waals surface area (Å²) in [4.78, 5) is 0. The standard InChI is InChI=1S/C16H21NO3/c1-3-10-18-15-6-4-5-7-16(15)19-11-13(17)14-9-8-12(2)20-14/h4-9,13H,3,10-11,17H2,1-2H3. The van der Waals surface area contributed by atoms with Gasteiger partial charge in [-0.15, -0.1) is 0 Å². The fourth-order valence-electron chi connectivity index (χ4n) is 1.82. The summed E-state index contributed by atoms with van der Waals surface area (Å²) in [6, 6.07) is 11.1. The predicted octanol–water partition coefficient (Wildman–Crippen LogP) is 3.46. The Bertz CT molecular complexity index is 536. The second-order valence-corrected chi connectivity index (χ2v) is 4.66. The van der Waals surface area contributed by atoms with Gasteiger partial charge in [-0.05, 0) is 37.6 Å². The fourth-order valence-corrected chi connectivity index (χ4v) is 1.82. The molecule has 4 heteroatoms. The second-order valence-electron chi connectivity index (χ2n) is 4.66. The molecule has 0 fully saturated rings.